The van der Waals surface area contributed by atoms with Crippen LogP contribution in [0.2, 0.25) is 0 Å². The second-order valence-corrected chi connectivity index (χ2v) is 4.68. The number of carbonyl (C=O) groups is 1. The Labute approximate surface area is 108 Å². The second kappa shape index (κ2) is 4.66. The third kappa shape index (κ3) is 2.15. The van der Waals surface area contributed by atoms with Crippen LogP contribution in [-0.2, 0) is 4.79 Å². The SMILES string of the molecule is O=C1SC(c2ccccc2)=NC1=Cc1ccco1. The first-order chi connectivity index (χ1) is 8.83. The van der Waals surface area contributed by atoms with Crippen LogP contribution in [-0.4, -0.2) is 10.2 Å². The monoisotopic (exact) mass is 255 g/mol. The summed E-state index contributed by atoms with van der Waals surface area (Å²) in [5, 5.41) is 0.684. The van der Waals surface area contributed by atoms with E-state index in [2.05, 4.69) is 4.99 Å². The summed E-state index contributed by atoms with van der Waals surface area (Å²) in [7, 11) is 0. The van der Waals surface area contributed by atoms with Crippen LogP contribution in [0.1, 0.15) is 11.3 Å². The Hall–Kier alpha value is -2.07. The van der Waals surface area contributed by atoms with E-state index in [1.165, 1.54) is 0 Å². The number of aliphatic imine (C=N–C) groups is 1. The van der Waals surface area contributed by atoms with Crippen molar-refractivity contribution in [2.75, 3.05) is 0 Å². The molecule has 0 atom stereocenters. The van der Waals surface area contributed by atoms with Gasteiger partial charge in [-0.25, -0.2) is 4.99 Å². The normalized spacial score (nSPS) is 17.2. The lowest BCUT2D eigenvalue weighted by molar-refractivity contribution is -0.107. The predicted octanol–water partition coefficient (Wildman–Crippen LogP) is 3.34. The quantitative estimate of drug-likeness (QED) is 0.773. The molecule has 0 spiro atoms. The summed E-state index contributed by atoms with van der Waals surface area (Å²) in [5.74, 6) is 0.636. The highest BCUT2D eigenvalue weighted by Crippen LogP contribution is 2.28. The first kappa shape index (κ1) is 11.0. The molecule has 1 aliphatic rings. The first-order valence-corrected chi connectivity index (χ1v) is 6.26. The lowest BCUT2D eigenvalue weighted by Gasteiger charge is -1.95. The molecule has 3 nitrogen and oxygen atoms in total. The van der Waals surface area contributed by atoms with E-state index in [-0.39, 0.29) is 5.12 Å². The van der Waals surface area contributed by atoms with E-state index in [0.29, 0.717) is 11.5 Å². The Morgan fingerprint density at radius 2 is 1.94 bits per heavy atom. The fourth-order valence-corrected chi connectivity index (χ4v) is 2.40. The molecule has 0 saturated carbocycles. The molecule has 0 aliphatic carbocycles. The van der Waals surface area contributed by atoms with Crippen molar-refractivity contribution in [3.05, 3.63) is 65.7 Å². The maximum Gasteiger partial charge on any atom is 0.244 e. The topological polar surface area (TPSA) is 42.6 Å². The van der Waals surface area contributed by atoms with E-state index in [4.69, 9.17) is 4.42 Å². The van der Waals surface area contributed by atoms with Crippen LogP contribution in [0.25, 0.3) is 6.08 Å². The number of carbonyl (C=O) groups excluding carboxylic acids is 1. The summed E-state index contributed by atoms with van der Waals surface area (Å²) < 4.78 is 5.18. The number of hydrogen-bond donors (Lipinski definition) is 0. The summed E-state index contributed by atoms with van der Waals surface area (Å²) in [6.45, 7) is 0. The third-order valence-corrected chi connectivity index (χ3v) is 3.38. The standard InChI is InChI=1S/C14H9NO2S/c16-14-12(9-11-7-4-8-17-11)15-13(18-14)10-5-2-1-3-6-10/h1-9H. The van der Waals surface area contributed by atoms with Gasteiger partial charge in [0.2, 0.25) is 5.12 Å². The van der Waals surface area contributed by atoms with Gasteiger partial charge in [-0.05, 0) is 23.9 Å². The summed E-state index contributed by atoms with van der Waals surface area (Å²) >= 11 is 1.15. The number of hydrogen-bond acceptors (Lipinski definition) is 4. The Kier molecular flexibility index (Phi) is 2.86. The highest BCUT2D eigenvalue weighted by Gasteiger charge is 2.23. The van der Waals surface area contributed by atoms with E-state index < -0.39 is 0 Å². The van der Waals surface area contributed by atoms with Gasteiger partial charge in [0.05, 0.1) is 6.26 Å². The predicted molar refractivity (Wildman–Crippen MR) is 72.3 cm³/mol. The molecule has 0 unspecified atom stereocenters. The van der Waals surface area contributed by atoms with Crippen molar-refractivity contribution in [3.8, 4) is 0 Å². The van der Waals surface area contributed by atoms with Crippen molar-refractivity contribution in [2.24, 2.45) is 4.99 Å². The zero-order chi connectivity index (χ0) is 12.4. The smallest absolute Gasteiger partial charge is 0.244 e. The molecule has 0 amide bonds. The molecular weight excluding hydrogens is 246 g/mol. The zero-order valence-corrected chi connectivity index (χ0v) is 10.2. The van der Waals surface area contributed by atoms with Crippen LogP contribution in [0.3, 0.4) is 0 Å². The van der Waals surface area contributed by atoms with E-state index in [1.54, 1.807) is 24.5 Å². The van der Waals surface area contributed by atoms with E-state index >= 15 is 0 Å². The average Bonchev–Trinajstić information content (AvgIpc) is 3.02. The second-order valence-electron chi connectivity index (χ2n) is 3.72. The molecule has 4 heteroatoms. The molecule has 88 valence electrons. The average molecular weight is 255 g/mol. The molecule has 0 fully saturated rings. The van der Waals surface area contributed by atoms with Gasteiger partial charge in [-0.15, -0.1) is 0 Å². The van der Waals surface area contributed by atoms with Crippen molar-refractivity contribution in [2.45, 2.75) is 0 Å². The van der Waals surface area contributed by atoms with Crippen LogP contribution in [0.5, 0.6) is 0 Å². The van der Waals surface area contributed by atoms with Crippen LogP contribution in [0, 0.1) is 0 Å². The van der Waals surface area contributed by atoms with Crippen molar-refractivity contribution >= 4 is 28.0 Å². The van der Waals surface area contributed by atoms with Gasteiger partial charge in [0.25, 0.3) is 0 Å². The number of furan rings is 1. The minimum atomic E-state index is -0.0507. The van der Waals surface area contributed by atoms with Crippen molar-refractivity contribution in [3.63, 3.8) is 0 Å². The fraction of sp³-hybridized carbons (Fsp3) is 0. The number of rotatable bonds is 2. The highest BCUT2D eigenvalue weighted by molar-refractivity contribution is 8.27. The molecule has 3 rings (SSSR count). The Morgan fingerprint density at radius 1 is 1.11 bits per heavy atom. The van der Waals surface area contributed by atoms with Gasteiger partial charge in [-0.3, -0.25) is 4.79 Å². The van der Waals surface area contributed by atoms with Gasteiger partial charge in [0, 0.05) is 11.6 Å². The summed E-state index contributed by atoms with van der Waals surface area (Å²) in [5.41, 5.74) is 1.38. The zero-order valence-electron chi connectivity index (χ0n) is 9.37. The minimum Gasteiger partial charge on any atom is -0.465 e. The van der Waals surface area contributed by atoms with Crippen LogP contribution in [0.15, 0.2) is 63.8 Å². The van der Waals surface area contributed by atoms with Gasteiger partial charge >= 0.3 is 0 Å². The lowest BCUT2D eigenvalue weighted by Crippen LogP contribution is -1.91. The first-order valence-electron chi connectivity index (χ1n) is 5.44. The van der Waals surface area contributed by atoms with Crippen LogP contribution < -0.4 is 0 Å². The van der Waals surface area contributed by atoms with Gasteiger partial charge in [-0.1, -0.05) is 30.3 Å². The molecule has 1 aromatic carbocycles. The van der Waals surface area contributed by atoms with Crippen molar-refractivity contribution < 1.29 is 9.21 Å². The molecule has 0 bridgehead atoms. The van der Waals surface area contributed by atoms with Crippen molar-refractivity contribution in [1.29, 1.82) is 0 Å². The molecule has 0 N–H and O–H groups in total. The molecule has 0 saturated heterocycles. The molecule has 1 aliphatic heterocycles. The molecule has 2 heterocycles. The van der Waals surface area contributed by atoms with E-state index in [0.717, 1.165) is 22.4 Å². The summed E-state index contributed by atoms with van der Waals surface area (Å²) in [6, 6.07) is 13.2. The van der Waals surface area contributed by atoms with Crippen molar-refractivity contribution in [1.82, 2.24) is 0 Å². The van der Waals surface area contributed by atoms with Crippen LogP contribution in [0.4, 0.5) is 0 Å². The van der Waals surface area contributed by atoms with E-state index in [1.807, 2.05) is 30.3 Å². The number of thioether (sulfide) groups is 1. The molecule has 0 radical (unpaired) electrons. The maximum absolute atomic E-state index is 11.8. The molecule has 2 aromatic rings. The highest BCUT2D eigenvalue weighted by atomic mass is 32.2. The Bertz CT molecular complexity index is 627. The third-order valence-electron chi connectivity index (χ3n) is 2.46. The summed E-state index contributed by atoms with van der Waals surface area (Å²) in [4.78, 5) is 16.2. The lowest BCUT2D eigenvalue weighted by atomic mass is 10.2. The largest absolute Gasteiger partial charge is 0.465 e. The molecule has 18 heavy (non-hydrogen) atoms. The number of benzene rings is 1. The fourth-order valence-electron chi connectivity index (χ4n) is 1.62. The Morgan fingerprint density at radius 3 is 2.67 bits per heavy atom. The molecule has 1 aromatic heterocycles. The number of nitrogens with zero attached hydrogens (tertiary/aromatic N) is 1. The Balaban J connectivity index is 1.95. The van der Waals surface area contributed by atoms with Gasteiger partial charge in [-0.2, -0.15) is 0 Å². The summed E-state index contributed by atoms with van der Waals surface area (Å²) in [6.07, 6.45) is 3.23. The van der Waals surface area contributed by atoms with E-state index in [9.17, 15) is 4.79 Å². The van der Waals surface area contributed by atoms with Gasteiger partial charge in [0.1, 0.15) is 16.5 Å². The molecular formula is C14H9NO2S. The van der Waals surface area contributed by atoms with Gasteiger partial charge in [0.15, 0.2) is 0 Å². The maximum atomic E-state index is 11.8. The van der Waals surface area contributed by atoms with Crippen LogP contribution >= 0.6 is 11.8 Å². The van der Waals surface area contributed by atoms with Gasteiger partial charge < -0.3 is 4.42 Å². The minimum absolute atomic E-state index is 0.0507.